The Morgan fingerprint density at radius 2 is 1.45 bits per heavy atom. The smallest absolute Gasteiger partial charge is 0.254 e. The average molecular weight is 381 g/mol. The van der Waals surface area contributed by atoms with E-state index in [2.05, 4.69) is 24.3 Å². The van der Waals surface area contributed by atoms with Crippen molar-refractivity contribution in [3.8, 4) is 0 Å². The van der Waals surface area contributed by atoms with Crippen molar-refractivity contribution >= 4 is 11.7 Å². The summed E-state index contributed by atoms with van der Waals surface area (Å²) < 4.78 is 0. The van der Waals surface area contributed by atoms with E-state index in [0.29, 0.717) is 13.0 Å². The van der Waals surface area contributed by atoms with Gasteiger partial charge < -0.3 is 4.90 Å². The van der Waals surface area contributed by atoms with Gasteiger partial charge in [0.1, 0.15) is 5.78 Å². The fourth-order valence-electron chi connectivity index (χ4n) is 4.89. The van der Waals surface area contributed by atoms with Gasteiger partial charge >= 0.3 is 0 Å². The largest absolute Gasteiger partial charge is 0.330 e. The van der Waals surface area contributed by atoms with E-state index in [0.717, 1.165) is 29.5 Å². The van der Waals surface area contributed by atoms with Gasteiger partial charge in [-0.3, -0.25) is 9.59 Å². The van der Waals surface area contributed by atoms with Crippen LogP contribution in [-0.2, 0) is 17.6 Å². The van der Waals surface area contributed by atoms with E-state index in [1.165, 1.54) is 11.1 Å². The summed E-state index contributed by atoms with van der Waals surface area (Å²) >= 11 is 0. The Kier molecular flexibility index (Phi) is 4.51. The quantitative estimate of drug-likeness (QED) is 0.655. The van der Waals surface area contributed by atoms with Gasteiger partial charge in [0.05, 0.1) is 12.0 Å². The zero-order chi connectivity index (χ0) is 19.8. The normalized spacial score (nSPS) is 20.5. The Morgan fingerprint density at radius 1 is 0.759 bits per heavy atom. The second-order valence-electron chi connectivity index (χ2n) is 7.91. The second kappa shape index (κ2) is 7.32. The first-order chi connectivity index (χ1) is 14.2. The van der Waals surface area contributed by atoms with Gasteiger partial charge in [-0.25, -0.2) is 0 Å². The van der Waals surface area contributed by atoms with Gasteiger partial charge in [-0.15, -0.1) is 0 Å². The summed E-state index contributed by atoms with van der Waals surface area (Å²) in [6, 6.07) is 26.0. The number of rotatable bonds is 4. The number of Topliss-reactive ketones (excluding diaryl/α,β-unsaturated/α-hetero) is 1. The van der Waals surface area contributed by atoms with Gasteiger partial charge in [0.25, 0.3) is 5.91 Å². The maximum atomic E-state index is 13.3. The van der Waals surface area contributed by atoms with Crippen molar-refractivity contribution in [2.24, 2.45) is 0 Å². The summed E-state index contributed by atoms with van der Waals surface area (Å²) in [7, 11) is 0. The van der Waals surface area contributed by atoms with E-state index in [1.54, 1.807) is 0 Å². The SMILES string of the molecule is O=C1CCc2ccccc2C1C1c2ccccc2C(=O)N1CCc1ccccc1. The zero-order valence-corrected chi connectivity index (χ0v) is 16.3. The Bertz CT molecular complexity index is 1070. The number of benzene rings is 3. The highest BCUT2D eigenvalue weighted by molar-refractivity contribution is 6.01. The highest BCUT2D eigenvalue weighted by Gasteiger charge is 2.45. The maximum Gasteiger partial charge on any atom is 0.254 e. The van der Waals surface area contributed by atoms with Crippen molar-refractivity contribution in [3.63, 3.8) is 0 Å². The Balaban J connectivity index is 1.56. The number of ketones is 1. The highest BCUT2D eigenvalue weighted by Crippen LogP contribution is 2.46. The van der Waals surface area contributed by atoms with Crippen molar-refractivity contribution in [2.45, 2.75) is 31.2 Å². The number of fused-ring (bicyclic) bond motifs is 2. The highest BCUT2D eigenvalue weighted by atomic mass is 16.2. The number of nitrogens with zero attached hydrogens (tertiary/aromatic N) is 1. The van der Waals surface area contributed by atoms with E-state index >= 15 is 0 Å². The minimum absolute atomic E-state index is 0.0392. The van der Waals surface area contributed by atoms with Crippen molar-refractivity contribution in [3.05, 3.63) is 107 Å². The summed E-state index contributed by atoms with van der Waals surface area (Å²) in [6.07, 6.45) is 2.11. The van der Waals surface area contributed by atoms with Crippen LogP contribution in [0.2, 0.25) is 0 Å². The first-order valence-electron chi connectivity index (χ1n) is 10.3. The lowest BCUT2D eigenvalue weighted by Crippen LogP contribution is -2.37. The van der Waals surface area contributed by atoms with Crippen LogP contribution in [0.25, 0.3) is 0 Å². The third-order valence-electron chi connectivity index (χ3n) is 6.28. The van der Waals surface area contributed by atoms with Crippen LogP contribution in [0, 0.1) is 0 Å². The molecular formula is C26H23NO2. The van der Waals surface area contributed by atoms with Crippen molar-refractivity contribution in [2.75, 3.05) is 6.54 Å². The van der Waals surface area contributed by atoms with E-state index in [1.807, 2.05) is 59.5 Å². The van der Waals surface area contributed by atoms with Crippen molar-refractivity contribution in [1.29, 1.82) is 0 Å². The van der Waals surface area contributed by atoms with Gasteiger partial charge in [-0.2, -0.15) is 0 Å². The van der Waals surface area contributed by atoms with Crippen LogP contribution in [-0.4, -0.2) is 23.1 Å². The summed E-state index contributed by atoms with van der Waals surface area (Å²) in [6.45, 7) is 0.605. The molecule has 0 saturated heterocycles. The summed E-state index contributed by atoms with van der Waals surface area (Å²) in [5.41, 5.74) is 5.24. The number of hydrogen-bond acceptors (Lipinski definition) is 2. The first-order valence-corrected chi connectivity index (χ1v) is 10.3. The molecule has 1 heterocycles. The molecule has 3 aromatic carbocycles. The van der Waals surface area contributed by atoms with Crippen LogP contribution in [0.5, 0.6) is 0 Å². The third-order valence-corrected chi connectivity index (χ3v) is 6.28. The molecule has 2 unspecified atom stereocenters. The van der Waals surface area contributed by atoms with Crippen molar-refractivity contribution < 1.29 is 9.59 Å². The molecule has 5 rings (SSSR count). The molecule has 1 aliphatic carbocycles. The topological polar surface area (TPSA) is 37.4 Å². The Labute approximate surface area is 171 Å². The van der Waals surface area contributed by atoms with E-state index < -0.39 is 0 Å². The number of amides is 1. The summed E-state index contributed by atoms with van der Waals surface area (Å²) in [5.74, 6) is -0.0105. The monoisotopic (exact) mass is 381 g/mol. The number of carbonyl (C=O) groups excluding carboxylic acids is 2. The van der Waals surface area contributed by atoms with E-state index in [-0.39, 0.29) is 23.7 Å². The molecule has 0 N–H and O–H groups in total. The molecule has 3 aromatic rings. The standard InChI is InChI=1S/C26H23NO2/c28-23-15-14-19-10-4-5-11-20(19)24(23)25-21-12-6-7-13-22(21)26(29)27(25)17-16-18-8-2-1-3-9-18/h1-13,24-25H,14-17H2. The summed E-state index contributed by atoms with van der Waals surface area (Å²) in [5, 5.41) is 0. The van der Waals surface area contributed by atoms with Gasteiger partial charge in [-0.05, 0) is 41.2 Å². The third kappa shape index (κ3) is 3.07. The number of hydrogen-bond donors (Lipinski definition) is 0. The predicted octanol–water partition coefficient (Wildman–Crippen LogP) is 4.73. The number of carbonyl (C=O) groups is 2. The molecule has 1 amide bonds. The minimum atomic E-state index is -0.289. The van der Waals surface area contributed by atoms with Crippen LogP contribution in [0.4, 0.5) is 0 Å². The molecule has 0 bridgehead atoms. The van der Waals surface area contributed by atoms with Gasteiger partial charge in [0.2, 0.25) is 0 Å². The number of aryl methyl sites for hydroxylation is 1. The van der Waals surface area contributed by atoms with Gasteiger partial charge in [0.15, 0.2) is 0 Å². The maximum absolute atomic E-state index is 13.3. The van der Waals surface area contributed by atoms with Crippen LogP contribution >= 0.6 is 0 Å². The molecule has 0 aromatic heterocycles. The fraction of sp³-hybridized carbons (Fsp3) is 0.231. The zero-order valence-electron chi connectivity index (χ0n) is 16.3. The molecule has 3 heteroatoms. The van der Waals surface area contributed by atoms with Gasteiger partial charge in [0, 0.05) is 18.5 Å². The lowest BCUT2D eigenvalue weighted by Gasteiger charge is -2.35. The molecule has 2 atom stereocenters. The van der Waals surface area contributed by atoms with E-state index in [4.69, 9.17) is 0 Å². The fourth-order valence-corrected chi connectivity index (χ4v) is 4.89. The molecule has 0 fully saturated rings. The van der Waals surface area contributed by atoms with Crippen LogP contribution in [0.3, 0.4) is 0 Å². The van der Waals surface area contributed by atoms with Crippen LogP contribution in [0.15, 0.2) is 78.9 Å². The average Bonchev–Trinajstić information content (AvgIpc) is 3.05. The minimum Gasteiger partial charge on any atom is -0.330 e. The van der Waals surface area contributed by atoms with Crippen molar-refractivity contribution in [1.82, 2.24) is 4.90 Å². The van der Waals surface area contributed by atoms with E-state index in [9.17, 15) is 9.59 Å². The van der Waals surface area contributed by atoms with Gasteiger partial charge in [-0.1, -0.05) is 72.8 Å². The lowest BCUT2D eigenvalue weighted by atomic mass is 9.76. The molecular weight excluding hydrogens is 358 g/mol. The molecule has 1 aliphatic heterocycles. The van der Waals surface area contributed by atoms with Crippen LogP contribution < -0.4 is 0 Å². The lowest BCUT2D eigenvalue weighted by molar-refractivity contribution is -0.122. The molecule has 0 spiro atoms. The molecule has 0 radical (unpaired) electrons. The van der Waals surface area contributed by atoms with Crippen LogP contribution in [0.1, 0.15) is 51.0 Å². The summed E-state index contributed by atoms with van der Waals surface area (Å²) in [4.78, 5) is 28.4. The first kappa shape index (κ1) is 17.9. The Hall–Kier alpha value is -3.20. The molecule has 2 aliphatic rings. The Morgan fingerprint density at radius 3 is 2.28 bits per heavy atom. The molecule has 144 valence electrons. The molecule has 0 saturated carbocycles. The molecule has 29 heavy (non-hydrogen) atoms. The molecule has 3 nitrogen and oxygen atoms in total. The predicted molar refractivity (Wildman–Crippen MR) is 113 cm³/mol. The second-order valence-corrected chi connectivity index (χ2v) is 7.91.